The van der Waals surface area contributed by atoms with Gasteiger partial charge in [-0.1, -0.05) is 0 Å². The Morgan fingerprint density at radius 3 is 2.63 bits per heavy atom. The first kappa shape index (κ1) is 22.8. The molecule has 0 aliphatic heterocycles. The van der Waals surface area contributed by atoms with E-state index in [-0.39, 0.29) is 35.7 Å². The van der Waals surface area contributed by atoms with Gasteiger partial charge in [-0.25, -0.2) is 22.5 Å². The Morgan fingerprint density at radius 1 is 1.14 bits per heavy atom. The quantitative estimate of drug-likeness (QED) is 0.333. The van der Waals surface area contributed by atoms with Gasteiger partial charge in [0.25, 0.3) is 11.8 Å². The molecule has 10 heteroatoms. The molecule has 1 amide bonds. The molecule has 3 aromatic heterocycles. The lowest BCUT2D eigenvalue weighted by atomic mass is 10.1. The van der Waals surface area contributed by atoms with Gasteiger partial charge in [0.1, 0.15) is 11.5 Å². The van der Waals surface area contributed by atoms with E-state index < -0.39 is 29.5 Å². The van der Waals surface area contributed by atoms with E-state index >= 15 is 0 Å². The third kappa shape index (κ3) is 4.31. The number of alkyl halides is 2. The molecule has 0 spiro atoms. The van der Waals surface area contributed by atoms with Crippen molar-refractivity contribution >= 4 is 11.6 Å². The highest BCUT2D eigenvalue weighted by Gasteiger charge is 2.46. The third-order valence-electron chi connectivity index (χ3n) is 6.03. The minimum Gasteiger partial charge on any atom is -0.449 e. The summed E-state index contributed by atoms with van der Waals surface area (Å²) in [5.41, 5.74) is 1.49. The number of furan rings is 1. The van der Waals surface area contributed by atoms with Crippen molar-refractivity contribution in [2.75, 3.05) is 5.32 Å². The van der Waals surface area contributed by atoms with Gasteiger partial charge in [0.2, 0.25) is 0 Å². The van der Waals surface area contributed by atoms with Crippen LogP contribution in [0.25, 0.3) is 22.7 Å². The van der Waals surface area contributed by atoms with Crippen LogP contribution in [0.5, 0.6) is 0 Å². The summed E-state index contributed by atoms with van der Waals surface area (Å²) in [4.78, 5) is 20.9. The van der Waals surface area contributed by atoms with Crippen LogP contribution in [-0.2, 0) is 0 Å². The average molecular weight is 484 g/mol. The largest absolute Gasteiger partial charge is 0.449 e. The van der Waals surface area contributed by atoms with E-state index in [0.29, 0.717) is 23.4 Å². The van der Waals surface area contributed by atoms with Crippen LogP contribution in [0.2, 0.25) is 0 Å². The van der Waals surface area contributed by atoms with E-state index in [9.17, 15) is 22.4 Å². The molecule has 5 rings (SSSR count). The third-order valence-corrected chi connectivity index (χ3v) is 6.03. The number of amides is 1. The Morgan fingerprint density at radius 2 is 1.91 bits per heavy atom. The van der Waals surface area contributed by atoms with Gasteiger partial charge in [0, 0.05) is 17.7 Å². The number of aryl methyl sites for hydroxylation is 1. The first-order chi connectivity index (χ1) is 16.7. The standard InChI is InChI=1S/C25H20F4N4O2/c1-14-11-18(17(27)12-30-14)32-24(34)20-9-8-19(35-20)23-22(15-4-6-16(26)7-5-15)31-13-33(23)21-3-2-10-25(21,28)29/h4-9,11-13,21H,2-3,10H2,1H3,(H,30,32,34). The minimum atomic E-state index is -2.95. The Balaban J connectivity index is 1.55. The predicted molar refractivity (Wildman–Crippen MR) is 120 cm³/mol. The number of carbonyl (C=O) groups excluding carboxylic acids is 1. The van der Waals surface area contributed by atoms with Gasteiger partial charge in [0.05, 0.1) is 29.9 Å². The molecule has 1 saturated carbocycles. The van der Waals surface area contributed by atoms with Gasteiger partial charge in [-0.3, -0.25) is 9.78 Å². The highest BCUT2D eigenvalue weighted by Crippen LogP contribution is 2.47. The summed E-state index contributed by atoms with van der Waals surface area (Å²) in [7, 11) is 0. The molecule has 1 aliphatic rings. The number of hydrogen-bond acceptors (Lipinski definition) is 4. The Bertz CT molecular complexity index is 1390. The molecule has 35 heavy (non-hydrogen) atoms. The molecular weight excluding hydrogens is 464 g/mol. The number of aromatic nitrogens is 3. The highest BCUT2D eigenvalue weighted by molar-refractivity contribution is 6.02. The van der Waals surface area contributed by atoms with E-state index in [2.05, 4.69) is 15.3 Å². The molecule has 1 unspecified atom stereocenters. The monoisotopic (exact) mass is 484 g/mol. The number of imidazole rings is 1. The van der Waals surface area contributed by atoms with Gasteiger partial charge in [-0.15, -0.1) is 0 Å². The highest BCUT2D eigenvalue weighted by atomic mass is 19.3. The lowest BCUT2D eigenvalue weighted by Crippen LogP contribution is -2.25. The zero-order chi connectivity index (χ0) is 24.7. The summed E-state index contributed by atoms with van der Waals surface area (Å²) in [6.45, 7) is 1.65. The number of nitrogens with one attached hydrogen (secondary N) is 1. The summed E-state index contributed by atoms with van der Waals surface area (Å²) in [5.74, 6) is -4.85. The maximum Gasteiger partial charge on any atom is 0.291 e. The molecule has 0 radical (unpaired) electrons. The van der Waals surface area contributed by atoms with Crippen LogP contribution in [0.4, 0.5) is 23.2 Å². The minimum absolute atomic E-state index is 0.0666. The molecular formula is C25H20F4N4O2. The van der Waals surface area contributed by atoms with Crippen molar-refractivity contribution < 1.29 is 26.8 Å². The smallest absolute Gasteiger partial charge is 0.291 e. The second-order valence-corrected chi connectivity index (χ2v) is 8.45. The van der Waals surface area contributed by atoms with E-state index in [4.69, 9.17) is 4.42 Å². The molecule has 4 aromatic rings. The molecule has 0 bridgehead atoms. The molecule has 1 aromatic carbocycles. The van der Waals surface area contributed by atoms with Crippen LogP contribution in [0.15, 0.2) is 59.4 Å². The fraction of sp³-hybridized carbons (Fsp3) is 0.240. The van der Waals surface area contributed by atoms with Crippen LogP contribution in [-0.4, -0.2) is 26.4 Å². The Labute approximate surface area is 197 Å². The second-order valence-electron chi connectivity index (χ2n) is 8.45. The number of halogens is 4. The molecule has 0 saturated heterocycles. The van der Waals surface area contributed by atoms with E-state index in [1.54, 1.807) is 6.92 Å². The van der Waals surface area contributed by atoms with Crippen molar-refractivity contribution in [3.05, 3.63) is 78.1 Å². The SMILES string of the molecule is Cc1cc(NC(=O)c2ccc(-c3c(-c4ccc(F)cc4)ncn3C3CCCC3(F)F)o2)c(F)cn1. The van der Waals surface area contributed by atoms with E-state index in [1.807, 2.05) is 0 Å². The summed E-state index contributed by atoms with van der Waals surface area (Å²) in [5, 5.41) is 2.43. The van der Waals surface area contributed by atoms with Crippen LogP contribution < -0.4 is 5.32 Å². The fourth-order valence-corrected chi connectivity index (χ4v) is 4.32. The fourth-order valence-electron chi connectivity index (χ4n) is 4.32. The van der Waals surface area contributed by atoms with Crippen molar-refractivity contribution in [3.8, 4) is 22.7 Å². The maximum absolute atomic E-state index is 14.7. The number of nitrogens with zero attached hydrogens (tertiary/aromatic N) is 3. The molecule has 1 fully saturated rings. The maximum atomic E-state index is 14.7. The van der Waals surface area contributed by atoms with Crippen molar-refractivity contribution in [2.24, 2.45) is 0 Å². The molecule has 6 nitrogen and oxygen atoms in total. The van der Waals surface area contributed by atoms with Crippen molar-refractivity contribution in [3.63, 3.8) is 0 Å². The normalized spacial score (nSPS) is 17.0. The lowest BCUT2D eigenvalue weighted by Gasteiger charge is -2.22. The topological polar surface area (TPSA) is 73.0 Å². The number of rotatable bonds is 5. The van der Waals surface area contributed by atoms with Crippen molar-refractivity contribution in [2.45, 2.75) is 38.2 Å². The van der Waals surface area contributed by atoms with E-state index in [1.165, 1.54) is 53.4 Å². The van der Waals surface area contributed by atoms with Gasteiger partial charge in [-0.05, 0) is 62.2 Å². The van der Waals surface area contributed by atoms with Crippen LogP contribution in [0, 0.1) is 18.6 Å². The Hall–Kier alpha value is -3.95. The Kier molecular flexibility index (Phi) is 5.66. The molecule has 1 N–H and O–H groups in total. The number of hydrogen-bond donors (Lipinski definition) is 1. The molecule has 180 valence electrons. The summed E-state index contributed by atoms with van der Waals surface area (Å²) < 4.78 is 64.0. The zero-order valence-corrected chi connectivity index (χ0v) is 18.6. The van der Waals surface area contributed by atoms with Gasteiger partial charge in [-0.2, -0.15) is 0 Å². The summed E-state index contributed by atoms with van der Waals surface area (Å²) >= 11 is 0. The average Bonchev–Trinajstić information content (AvgIpc) is 3.54. The molecule has 1 aliphatic carbocycles. The van der Waals surface area contributed by atoms with Gasteiger partial charge >= 0.3 is 0 Å². The zero-order valence-electron chi connectivity index (χ0n) is 18.6. The van der Waals surface area contributed by atoms with Crippen LogP contribution >= 0.6 is 0 Å². The summed E-state index contributed by atoms with van der Waals surface area (Å²) in [6.07, 6.45) is 2.66. The predicted octanol–water partition coefficient (Wildman–Crippen LogP) is 6.40. The number of anilines is 1. The van der Waals surface area contributed by atoms with E-state index in [0.717, 1.165) is 6.20 Å². The van der Waals surface area contributed by atoms with Gasteiger partial charge < -0.3 is 14.3 Å². The first-order valence-electron chi connectivity index (χ1n) is 11.0. The van der Waals surface area contributed by atoms with Crippen LogP contribution in [0.3, 0.4) is 0 Å². The second kappa shape index (κ2) is 8.68. The number of carbonyl (C=O) groups is 1. The molecule has 1 atom stereocenters. The summed E-state index contributed by atoms with van der Waals surface area (Å²) in [6, 6.07) is 8.54. The lowest BCUT2D eigenvalue weighted by molar-refractivity contribution is -0.0302. The van der Waals surface area contributed by atoms with Crippen LogP contribution in [0.1, 0.15) is 41.6 Å². The first-order valence-corrected chi connectivity index (χ1v) is 11.0. The van der Waals surface area contributed by atoms with Crippen molar-refractivity contribution in [1.82, 2.24) is 14.5 Å². The number of pyridine rings is 1. The van der Waals surface area contributed by atoms with Crippen molar-refractivity contribution in [1.29, 1.82) is 0 Å². The number of benzene rings is 1. The molecule has 3 heterocycles. The van der Waals surface area contributed by atoms with Gasteiger partial charge in [0.15, 0.2) is 17.3 Å².